The summed E-state index contributed by atoms with van der Waals surface area (Å²) in [6.07, 6.45) is -3.44. The van der Waals surface area contributed by atoms with Crippen molar-refractivity contribution in [2.45, 2.75) is 43.7 Å². The third kappa shape index (κ3) is 6.95. The molecule has 11 heteroatoms. The summed E-state index contributed by atoms with van der Waals surface area (Å²) in [7, 11) is 0. The molecule has 4 rings (SSSR count). The van der Waals surface area contributed by atoms with Crippen LogP contribution in [0.25, 0.3) is 0 Å². The fourth-order valence-electron chi connectivity index (χ4n) is 4.21. The van der Waals surface area contributed by atoms with E-state index < -0.39 is 47.8 Å². The van der Waals surface area contributed by atoms with Crippen LogP contribution < -0.4 is 5.32 Å². The second-order valence-electron chi connectivity index (χ2n) is 8.45. The molecule has 35 heavy (non-hydrogen) atoms. The third-order valence-electron chi connectivity index (χ3n) is 5.98. The summed E-state index contributed by atoms with van der Waals surface area (Å²) < 4.78 is 90.2. The van der Waals surface area contributed by atoms with E-state index in [1.165, 1.54) is 18.2 Å². The summed E-state index contributed by atoms with van der Waals surface area (Å²) >= 11 is 0. The van der Waals surface area contributed by atoms with Gasteiger partial charge in [-0.15, -0.1) is 0 Å². The monoisotopic (exact) mass is 504 g/mol. The van der Waals surface area contributed by atoms with Crippen molar-refractivity contribution in [2.24, 2.45) is 0 Å². The molecule has 0 spiro atoms. The quantitative estimate of drug-likeness (QED) is 0.585. The molecule has 0 bridgehead atoms. The fourth-order valence-corrected chi connectivity index (χ4v) is 4.21. The van der Waals surface area contributed by atoms with Crippen LogP contribution in [-0.4, -0.2) is 42.5 Å². The molecule has 2 fully saturated rings. The van der Waals surface area contributed by atoms with Crippen LogP contribution in [0.15, 0.2) is 36.4 Å². The molecule has 0 aromatic heterocycles. The van der Waals surface area contributed by atoms with Gasteiger partial charge in [0.1, 0.15) is 6.54 Å². The number of hydrogen-bond acceptors (Lipinski definition) is 2. The van der Waals surface area contributed by atoms with E-state index in [0.717, 1.165) is 12.1 Å². The summed E-state index contributed by atoms with van der Waals surface area (Å²) in [5, 5.41) is 2.65. The Morgan fingerprint density at radius 3 is 1.89 bits per heavy atom. The summed E-state index contributed by atoms with van der Waals surface area (Å²) in [4.78, 5) is 23.0. The minimum absolute atomic E-state index is 0.0182. The van der Waals surface area contributed by atoms with Crippen LogP contribution in [0, 0.1) is 23.3 Å². The molecule has 2 aromatic carbocycles. The van der Waals surface area contributed by atoms with Crippen molar-refractivity contribution in [2.75, 3.05) is 19.6 Å². The Balaban J connectivity index is 0.000000203. The molecule has 4 nitrogen and oxygen atoms in total. The Morgan fingerprint density at radius 1 is 0.829 bits per heavy atom. The first-order valence-electron chi connectivity index (χ1n) is 10.9. The number of benzene rings is 2. The molecule has 1 N–H and O–H groups in total. The van der Waals surface area contributed by atoms with Gasteiger partial charge in [0.15, 0.2) is 23.3 Å². The van der Waals surface area contributed by atoms with Gasteiger partial charge in [-0.25, -0.2) is 17.6 Å². The largest absolute Gasteiger partial charge is 0.406 e. The van der Waals surface area contributed by atoms with Crippen LogP contribution in [0.3, 0.4) is 0 Å². The van der Waals surface area contributed by atoms with E-state index in [2.05, 4.69) is 5.32 Å². The number of alkyl halides is 3. The summed E-state index contributed by atoms with van der Waals surface area (Å²) in [5.74, 6) is -5.09. The molecule has 2 heterocycles. The molecule has 2 amide bonds. The number of rotatable bonds is 3. The molecular formula is C24H23F7N2O2. The maximum Gasteiger partial charge on any atom is 0.406 e. The molecule has 0 radical (unpaired) electrons. The van der Waals surface area contributed by atoms with Gasteiger partial charge in [0, 0.05) is 37.8 Å². The van der Waals surface area contributed by atoms with Crippen LogP contribution in [0.1, 0.15) is 48.6 Å². The molecule has 2 atom stereocenters. The highest BCUT2D eigenvalue weighted by atomic mass is 19.4. The Bertz CT molecular complexity index is 1060. The molecule has 2 saturated heterocycles. The van der Waals surface area contributed by atoms with Gasteiger partial charge in [0.2, 0.25) is 11.8 Å². The Kier molecular flexibility index (Phi) is 8.39. The van der Waals surface area contributed by atoms with Crippen molar-refractivity contribution >= 4 is 11.8 Å². The second-order valence-corrected chi connectivity index (χ2v) is 8.45. The van der Waals surface area contributed by atoms with Gasteiger partial charge in [-0.3, -0.25) is 9.59 Å². The molecule has 2 aliphatic heterocycles. The predicted octanol–water partition coefficient (Wildman–Crippen LogP) is 5.19. The summed E-state index contributed by atoms with van der Waals surface area (Å²) in [6.45, 7) is -1.23. The van der Waals surface area contributed by atoms with Crippen molar-refractivity contribution in [1.29, 1.82) is 0 Å². The standard InChI is InChI=1S/C13H12F5NO.C11H11F2NO/c14-10-3-1-2-9(12(10)15)8-4-5-11(20)19(6-8)7-13(16,17)18;12-9-3-1-2-8(11(9)13)7-4-5-10(15)14-6-7/h1-3,8H,4-7H2;1-3,7H,4-6H2,(H,14,15). The van der Waals surface area contributed by atoms with E-state index in [0.29, 0.717) is 29.8 Å². The molecule has 0 aliphatic carbocycles. The van der Waals surface area contributed by atoms with Crippen LogP contribution in [-0.2, 0) is 9.59 Å². The zero-order valence-corrected chi connectivity index (χ0v) is 18.5. The van der Waals surface area contributed by atoms with E-state index in [-0.39, 0.29) is 36.8 Å². The van der Waals surface area contributed by atoms with Crippen molar-refractivity contribution in [3.05, 3.63) is 70.8 Å². The normalized spacial score (nSPS) is 20.7. The van der Waals surface area contributed by atoms with Crippen molar-refractivity contribution in [1.82, 2.24) is 10.2 Å². The second kappa shape index (κ2) is 11.1. The first-order valence-corrected chi connectivity index (χ1v) is 10.9. The van der Waals surface area contributed by atoms with Gasteiger partial charge in [-0.2, -0.15) is 13.2 Å². The maximum atomic E-state index is 13.6. The Labute approximate surface area is 197 Å². The third-order valence-corrected chi connectivity index (χ3v) is 5.98. The molecule has 2 aromatic rings. The van der Waals surface area contributed by atoms with Crippen molar-refractivity contribution in [3.63, 3.8) is 0 Å². The van der Waals surface area contributed by atoms with Crippen LogP contribution in [0.2, 0.25) is 0 Å². The summed E-state index contributed by atoms with van der Waals surface area (Å²) in [5.41, 5.74) is 0.375. The smallest absolute Gasteiger partial charge is 0.355 e. The SMILES string of the molecule is O=C1CCC(c2cccc(F)c2F)CN1.O=C1CCC(c2cccc(F)c2F)CN1CC(F)(F)F. The number of amides is 2. The average Bonchev–Trinajstić information content (AvgIpc) is 2.79. The molecule has 190 valence electrons. The van der Waals surface area contributed by atoms with Crippen LogP contribution in [0.5, 0.6) is 0 Å². The number of nitrogens with one attached hydrogen (secondary N) is 1. The van der Waals surface area contributed by atoms with Gasteiger partial charge in [-0.05, 0) is 36.1 Å². The number of carbonyl (C=O) groups excluding carboxylic acids is 2. The molecule has 2 aliphatic rings. The number of halogens is 7. The Hall–Kier alpha value is -3.11. The molecule has 2 unspecified atom stereocenters. The number of carbonyl (C=O) groups is 2. The van der Waals surface area contributed by atoms with Gasteiger partial charge >= 0.3 is 6.18 Å². The summed E-state index contributed by atoms with van der Waals surface area (Å²) in [6, 6.07) is 7.74. The lowest BCUT2D eigenvalue weighted by molar-refractivity contribution is -0.164. The van der Waals surface area contributed by atoms with Gasteiger partial charge in [-0.1, -0.05) is 24.3 Å². The van der Waals surface area contributed by atoms with E-state index in [1.807, 2.05) is 0 Å². The zero-order chi connectivity index (χ0) is 25.8. The van der Waals surface area contributed by atoms with Gasteiger partial charge in [0.25, 0.3) is 0 Å². The zero-order valence-electron chi connectivity index (χ0n) is 18.5. The van der Waals surface area contributed by atoms with E-state index >= 15 is 0 Å². The minimum Gasteiger partial charge on any atom is -0.355 e. The highest BCUT2D eigenvalue weighted by molar-refractivity contribution is 5.77. The minimum atomic E-state index is -4.50. The number of hydrogen-bond donors (Lipinski definition) is 1. The van der Waals surface area contributed by atoms with Crippen molar-refractivity contribution < 1.29 is 40.3 Å². The maximum absolute atomic E-state index is 13.6. The lowest BCUT2D eigenvalue weighted by Gasteiger charge is -2.33. The predicted molar refractivity (Wildman–Crippen MR) is 112 cm³/mol. The van der Waals surface area contributed by atoms with Crippen molar-refractivity contribution in [3.8, 4) is 0 Å². The first kappa shape index (κ1) is 26.5. The number of nitrogens with zero attached hydrogens (tertiary/aromatic N) is 1. The highest BCUT2D eigenvalue weighted by Gasteiger charge is 2.37. The number of piperidine rings is 2. The fraction of sp³-hybridized carbons (Fsp3) is 0.417. The highest BCUT2D eigenvalue weighted by Crippen LogP contribution is 2.32. The first-order chi connectivity index (χ1) is 16.5. The molecular weight excluding hydrogens is 481 g/mol. The van der Waals surface area contributed by atoms with Crippen LogP contribution in [0.4, 0.5) is 30.7 Å². The van der Waals surface area contributed by atoms with Crippen LogP contribution >= 0.6 is 0 Å². The van der Waals surface area contributed by atoms with Gasteiger partial charge < -0.3 is 10.2 Å². The average molecular weight is 504 g/mol. The lowest BCUT2D eigenvalue weighted by atomic mass is 9.90. The number of likely N-dealkylation sites (tertiary alicyclic amines) is 1. The molecule has 0 saturated carbocycles. The topological polar surface area (TPSA) is 49.4 Å². The lowest BCUT2D eigenvalue weighted by Crippen LogP contribution is -2.44. The van der Waals surface area contributed by atoms with E-state index in [9.17, 15) is 40.3 Å². The van der Waals surface area contributed by atoms with Gasteiger partial charge in [0.05, 0.1) is 0 Å². The van der Waals surface area contributed by atoms with E-state index in [1.54, 1.807) is 6.07 Å². The Morgan fingerprint density at radius 2 is 1.37 bits per heavy atom. The van der Waals surface area contributed by atoms with E-state index in [4.69, 9.17) is 0 Å².